The lowest BCUT2D eigenvalue weighted by atomic mass is 10.0. The van der Waals surface area contributed by atoms with Gasteiger partial charge in [-0.3, -0.25) is 4.79 Å². The molecule has 3 aromatic carbocycles. The first-order valence-corrected chi connectivity index (χ1v) is 8.61. The van der Waals surface area contributed by atoms with Crippen LogP contribution in [0.3, 0.4) is 0 Å². The summed E-state index contributed by atoms with van der Waals surface area (Å²) in [4.78, 5) is 14.1. The van der Waals surface area contributed by atoms with Gasteiger partial charge in [-0.1, -0.05) is 59.8 Å². The van der Waals surface area contributed by atoms with Gasteiger partial charge in [0.25, 0.3) is 5.91 Å². The third-order valence-electron chi connectivity index (χ3n) is 4.64. The Bertz CT molecular complexity index is 1030. The number of halogens is 1. The summed E-state index contributed by atoms with van der Waals surface area (Å²) in [5, 5.41) is 12.3. The van der Waals surface area contributed by atoms with Crippen molar-refractivity contribution in [3.63, 3.8) is 0 Å². The number of oxime groups is 1. The number of rotatable bonds is 4. The van der Waals surface area contributed by atoms with Crippen molar-refractivity contribution in [2.75, 3.05) is 4.90 Å². The summed E-state index contributed by atoms with van der Waals surface area (Å²) in [6.07, 6.45) is 0.799. The Morgan fingerprint density at radius 2 is 1.63 bits per heavy atom. The molecule has 0 aliphatic carbocycles. The molecule has 1 N–H and O–H groups in total. The van der Waals surface area contributed by atoms with E-state index in [1.807, 2.05) is 36.4 Å². The zero-order chi connectivity index (χ0) is 18.8. The van der Waals surface area contributed by atoms with E-state index in [2.05, 4.69) is 23.4 Å². The zero-order valence-electron chi connectivity index (χ0n) is 14.5. The van der Waals surface area contributed by atoms with Crippen LogP contribution in [0.15, 0.2) is 78.0 Å². The molecule has 0 fully saturated rings. The van der Waals surface area contributed by atoms with E-state index in [0.717, 1.165) is 17.5 Å². The number of fused-ring (bicyclic) bond motifs is 1. The number of benzene rings is 3. The fourth-order valence-corrected chi connectivity index (χ4v) is 3.39. The number of hydrogen-bond donors (Lipinski definition) is 1. The van der Waals surface area contributed by atoms with E-state index >= 15 is 0 Å². The van der Waals surface area contributed by atoms with E-state index in [9.17, 15) is 14.4 Å². The molecule has 4 nitrogen and oxygen atoms in total. The van der Waals surface area contributed by atoms with Crippen molar-refractivity contribution in [1.82, 2.24) is 0 Å². The van der Waals surface area contributed by atoms with Crippen LogP contribution in [0.4, 0.5) is 10.1 Å². The maximum atomic E-state index is 13.5. The molecule has 0 spiro atoms. The van der Waals surface area contributed by atoms with Crippen molar-refractivity contribution in [2.45, 2.75) is 13.0 Å². The van der Waals surface area contributed by atoms with Crippen LogP contribution in [0.1, 0.15) is 22.3 Å². The maximum absolute atomic E-state index is 13.5. The molecule has 27 heavy (non-hydrogen) atoms. The molecule has 3 aromatic rings. The molecule has 0 atom stereocenters. The number of amides is 1. The average molecular weight is 360 g/mol. The van der Waals surface area contributed by atoms with E-state index in [4.69, 9.17) is 0 Å². The minimum absolute atomic E-state index is 0.134. The topological polar surface area (TPSA) is 52.9 Å². The summed E-state index contributed by atoms with van der Waals surface area (Å²) < 4.78 is 13.5. The Hall–Kier alpha value is -3.47. The zero-order valence-corrected chi connectivity index (χ0v) is 14.5. The molecular formula is C22H17FN2O2. The van der Waals surface area contributed by atoms with Gasteiger partial charge in [0, 0.05) is 5.56 Å². The van der Waals surface area contributed by atoms with Gasteiger partial charge < -0.3 is 10.1 Å². The Morgan fingerprint density at radius 3 is 2.41 bits per heavy atom. The van der Waals surface area contributed by atoms with Crippen LogP contribution in [-0.2, 0) is 17.8 Å². The highest BCUT2D eigenvalue weighted by Crippen LogP contribution is 2.31. The fraction of sp³-hybridized carbons (Fsp3) is 0.0909. The van der Waals surface area contributed by atoms with E-state index in [1.54, 1.807) is 0 Å². The van der Waals surface area contributed by atoms with Crippen molar-refractivity contribution >= 4 is 17.3 Å². The summed E-state index contributed by atoms with van der Waals surface area (Å²) >= 11 is 0. The van der Waals surface area contributed by atoms with E-state index in [-0.39, 0.29) is 5.71 Å². The minimum Gasteiger partial charge on any atom is -0.410 e. The first kappa shape index (κ1) is 17.0. The summed E-state index contributed by atoms with van der Waals surface area (Å²) in [5.74, 6) is -0.916. The SMILES string of the molecule is O=C1/C(=N\O)c2cc(F)ccc2N1Cc1cccc(Cc2ccccc2)c1. The lowest BCUT2D eigenvalue weighted by Gasteiger charge is -2.17. The van der Waals surface area contributed by atoms with Crippen molar-refractivity contribution in [3.05, 3.63) is 101 Å². The first-order chi connectivity index (χ1) is 13.2. The normalized spacial score (nSPS) is 14.6. The Balaban J connectivity index is 1.61. The smallest absolute Gasteiger partial charge is 0.281 e. The summed E-state index contributed by atoms with van der Waals surface area (Å²) in [6, 6.07) is 22.2. The fourth-order valence-electron chi connectivity index (χ4n) is 3.39. The number of anilines is 1. The standard InChI is InChI=1S/C22H17FN2O2/c23-18-9-10-20-19(13-18)21(24-27)22(26)25(20)14-17-8-4-7-16(12-17)11-15-5-2-1-3-6-15/h1-10,12-13,27H,11,14H2/b24-21-. The molecule has 0 unspecified atom stereocenters. The van der Waals surface area contributed by atoms with Gasteiger partial charge in [0.1, 0.15) is 5.82 Å². The van der Waals surface area contributed by atoms with E-state index in [0.29, 0.717) is 17.8 Å². The van der Waals surface area contributed by atoms with Crippen LogP contribution in [0.2, 0.25) is 0 Å². The Labute approximate surface area is 156 Å². The molecule has 0 saturated carbocycles. The van der Waals surface area contributed by atoms with E-state index < -0.39 is 11.7 Å². The number of hydrogen-bond acceptors (Lipinski definition) is 3. The second-order valence-electron chi connectivity index (χ2n) is 6.48. The largest absolute Gasteiger partial charge is 0.410 e. The monoisotopic (exact) mass is 360 g/mol. The highest BCUT2D eigenvalue weighted by molar-refractivity contribution is 6.54. The van der Waals surface area contributed by atoms with Gasteiger partial charge in [0.05, 0.1) is 12.2 Å². The molecule has 1 aliphatic heterocycles. The van der Waals surface area contributed by atoms with Crippen LogP contribution < -0.4 is 4.90 Å². The molecule has 0 bridgehead atoms. The third kappa shape index (κ3) is 3.31. The van der Waals surface area contributed by atoms with Gasteiger partial charge in [-0.25, -0.2) is 4.39 Å². The predicted molar refractivity (Wildman–Crippen MR) is 102 cm³/mol. The van der Waals surface area contributed by atoms with Gasteiger partial charge >= 0.3 is 0 Å². The number of carbonyl (C=O) groups excluding carboxylic acids is 1. The Morgan fingerprint density at radius 1 is 0.889 bits per heavy atom. The number of nitrogens with zero attached hydrogens (tertiary/aromatic N) is 2. The first-order valence-electron chi connectivity index (χ1n) is 8.61. The highest BCUT2D eigenvalue weighted by Gasteiger charge is 2.34. The molecule has 0 radical (unpaired) electrons. The van der Waals surface area contributed by atoms with Gasteiger partial charge in [0.2, 0.25) is 0 Å². The summed E-state index contributed by atoms with van der Waals surface area (Å²) in [5.41, 5.74) is 4.02. The third-order valence-corrected chi connectivity index (χ3v) is 4.64. The number of carbonyl (C=O) groups is 1. The van der Waals surface area contributed by atoms with Gasteiger partial charge in [-0.2, -0.15) is 0 Å². The summed E-state index contributed by atoms with van der Waals surface area (Å²) in [7, 11) is 0. The molecular weight excluding hydrogens is 343 g/mol. The lowest BCUT2D eigenvalue weighted by Crippen LogP contribution is -2.29. The molecule has 1 amide bonds. The molecule has 1 heterocycles. The molecule has 5 heteroatoms. The van der Waals surface area contributed by atoms with Crippen molar-refractivity contribution < 1.29 is 14.4 Å². The van der Waals surface area contributed by atoms with Crippen LogP contribution in [0, 0.1) is 5.82 Å². The maximum Gasteiger partial charge on any atom is 0.281 e. The van der Waals surface area contributed by atoms with Crippen LogP contribution in [0.25, 0.3) is 0 Å². The van der Waals surface area contributed by atoms with E-state index in [1.165, 1.54) is 28.7 Å². The van der Waals surface area contributed by atoms with Gasteiger partial charge in [-0.15, -0.1) is 0 Å². The lowest BCUT2D eigenvalue weighted by molar-refractivity contribution is -0.112. The van der Waals surface area contributed by atoms with Crippen LogP contribution in [-0.4, -0.2) is 16.8 Å². The highest BCUT2D eigenvalue weighted by atomic mass is 19.1. The van der Waals surface area contributed by atoms with Gasteiger partial charge in [-0.05, 0) is 41.3 Å². The quantitative estimate of drug-likeness (QED) is 0.562. The second kappa shape index (κ2) is 7.03. The van der Waals surface area contributed by atoms with Crippen molar-refractivity contribution in [1.29, 1.82) is 0 Å². The predicted octanol–water partition coefficient (Wildman–Crippen LogP) is 4.14. The van der Waals surface area contributed by atoms with Gasteiger partial charge in [0.15, 0.2) is 5.71 Å². The molecule has 0 aromatic heterocycles. The molecule has 4 rings (SSSR count). The Kier molecular flexibility index (Phi) is 4.42. The molecule has 134 valence electrons. The van der Waals surface area contributed by atoms with Crippen molar-refractivity contribution in [3.8, 4) is 0 Å². The average Bonchev–Trinajstić information content (AvgIpc) is 2.93. The molecule has 0 saturated heterocycles. The minimum atomic E-state index is -0.477. The van der Waals surface area contributed by atoms with Crippen LogP contribution in [0.5, 0.6) is 0 Å². The summed E-state index contributed by atoms with van der Waals surface area (Å²) in [6.45, 7) is 0.319. The second-order valence-corrected chi connectivity index (χ2v) is 6.48. The molecule has 1 aliphatic rings. The van der Waals surface area contributed by atoms with Crippen molar-refractivity contribution in [2.24, 2.45) is 5.16 Å². The van der Waals surface area contributed by atoms with Crippen LogP contribution >= 0.6 is 0 Å².